The third-order valence-electron chi connectivity index (χ3n) is 1.10. The quantitative estimate of drug-likeness (QED) is 0.440. The van der Waals surface area contributed by atoms with E-state index < -0.39 is 0 Å². The summed E-state index contributed by atoms with van der Waals surface area (Å²) in [7, 11) is 3.25. The summed E-state index contributed by atoms with van der Waals surface area (Å²) in [5.41, 5.74) is 0. The molecule has 0 amide bonds. The molecule has 56 valence electrons. The third-order valence-corrected chi connectivity index (χ3v) is 1.37. The Morgan fingerprint density at radius 2 is 1.89 bits per heavy atom. The van der Waals surface area contributed by atoms with Gasteiger partial charge in [-0.25, -0.2) is 0 Å². The van der Waals surface area contributed by atoms with Crippen LogP contribution in [0.15, 0.2) is 0 Å². The van der Waals surface area contributed by atoms with Crippen LogP contribution in [0.25, 0.3) is 0 Å². The van der Waals surface area contributed by atoms with E-state index >= 15 is 0 Å². The molecule has 0 spiro atoms. The monoisotopic (exact) mass is 152 g/mol. The van der Waals surface area contributed by atoms with Gasteiger partial charge in [-0.1, -0.05) is 0 Å². The minimum atomic E-state index is -0.0799. The van der Waals surface area contributed by atoms with Crippen LogP contribution in [0.2, 0.25) is 0 Å². The van der Waals surface area contributed by atoms with Gasteiger partial charge in [0.2, 0.25) is 0 Å². The maximum absolute atomic E-state index is 5.45. The molecule has 0 aliphatic heterocycles. The minimum Gasteiger partial charge on any atom is -0.356 e. The number of alkyl halides is 1. The van der Waals surface area contributed by atoms with Gasteiger partial charge >= 0.3 is 0 Å². The lowest BCUT2D eigenvalue weighted by atomic mass is 10.3. The van der Waals surface area contributed by atoms with Crippen LogP contribution in [0.5, 0.6) is 0 Å². The van der Waals surface area contributed by atoms with Crippen LogP contribution in [-0.2, 0) is 9.47 Å². The summed E-state index contributed by atoms with van der Waals surface area (Å²) in [5.74, 6) is 0.670. The molecule has 0 rings (SSSR count). The summed E-state index contributed by atoms with van der Waals surface area (Å²) < 4.78 is 9.84. The van der Waals surface area contributed by atoms with Gasteiger partial charge in [0.25, 0.3) is 0 Å². The van der Waals surface area contributed by atoms with E-state index in [0.717, 1.165) is 12.8 Å². The molecule has 0 heterocycles. The lowest BCUT2D eigenvalue weighted by Crippen LogP contribution is -2.12. The normalized spacial score (nSPS) is 10.7. The smallest absolute Gasteiger partial charge is 0.156 e. The first-order valence-corrected chi connectivity index (χ1v) is 3.50. The molecule has 9 heavy (non-hydrogen) atoms. The molecule has 0 aromatic carbocycles. The average molecular weight is 153 g/mol. The summed E-state index contributed by atoms with van der Waals surface area (Å²) >= 11 is 5.45. The van der Waals surface area contributed by atoms with Gasteiger partial charge in [0.05, 0.1) is 0 Å². The minimum absolute atomic E-state index is 0.0799. The van der Waals surface area contributed by atoms with Crippen LogP contribution < -0.4 is 0 Å². The molecule has 0 aliphatic rings. The number of ether oxygens (including phenoxy) is 2. The van der Waals surface area contributed by atoms with Crippen LogP contribution >= 0.6 is 11.6 Å². The number of rotatable bonds is 5. The lowest BCUT2D eigenvalue weighted by molar-refractivity contribution is -0.106. The highest BCUT2D eigenvalue weighted by Gasteiger charge is 2.01. The molecule has 0 N–H and O–H groups in total. The molecule has 0 bridgehead atoms. The summed E-state index contributed by atoms with van der Waals surface area (Å²) in [5, 5.41) is 0. The Balaban J connectivity index is 3.09. The van der Waals surface area contributed by atoms with Gasteiger partial charge < -0.3 is 9.47 Å². The Labute approximate surface area is 61.1 Å². The first-order chi connectivity index (χ1) is 4.35. The van der Waals surface area contributed by atoms with Crippen LogP contribution in [0, 0.1) is 0 Å². The van der Waals surface area contributed by atoms with E-state index in [1.54, 1.807) is 14.2 Å². The van der Waals surface area contributed by atoms with E-state index in [0.29, 0.717) is 5.88 Å². The predicted octanol–water partition coefficient (Wildman–Crippen LogP) is 1.62. The molecular formula is C6H13ClO2. The van der Waals surface area contributed by atoms with Crippen molar-refractivity contribution >= 4 is 11.6 Å². The van der Waals surface area contributed by atoms with Gasteiger partial charge in [0, 0.05) is 20.1 Å². The largest absolute Gasteiger partial charge is 0.356 e. The molecule has 0 saturated heterocycles. The van der Waals surface area contributed by atoms with Gasteiger partial charge in [0.15, 0.2) is 6.29 Å². The molecule has 0 aliphatic carbocycles. The Kier molecular flexibility index (Phi) is 6.48. The van der Waals surface area contributed by atoms with Crippen molar-refractivity contribution in [2.75, 3.05) is 20.1 Å². The summed E-state index contributed by atoms with van der Waals surface area (Å²) in [4.78, 5) is 0. The van der Waals surface area contributed by atoms with Gasteiger partial charge in [-0.3, -0.25) is 0 Å². The highest BCUT2D eigenvalue weighted by atomic mass is 35.5. The summed E-state index contributed by atoms with van der Waals surface area (Å²) in [6.45, 7) is 0. The molecule has 0 radical (unpaired) electrons. The highest BCUT2D eigenvalue weighted by Crippen LogP contribution is 2.01. The topological polar surface area (TPSA) is 18.5 Å². The number of halogens is 1. The molecule has 0 fully saturated rings. The zero-order valence-electron chi connectivity index (χ0n) is 5.89. The van der Waals surface area contributed by atoms with E-state index in [4.69, 9.17) is 21.1 Å². The standard InChI is InChI=1S/C6H13ClO2/c1-8-6(9-2)4-3-5-7/h6H,3-5H2,1-2H3. The Hall–Kier alpha value is 0.210. The molecular weight excluding hydrogens is 140 g/mol. The molecule has 3 heteroatoms. The Bertz CT molecular complexity index is 55.0. The van der Waals surface area contributed by atoms with E-state index in [1.807, 2.05) is 0 Å². The number of hydrogen-bond donors (Lipinski definition) is 0. The fraction of sp³-hybridized carbons (Fsp3) is 1.00. The first kappa shape index (κ1) is 9.21. The zero-order chi connectivity index (χ0) is 7.11. The molecule has 0 aromatic rings. The zero-order valence-corrected chi connectivity index (χ0v) is 6.65. The molecule has 0 unspecified atom stereocenters. The van der Waals surface area contributed by atoms with Crippen molar-refractivity contribution in [2.45, 2.75) is 19.1 Å². The molecule has 2 nitrogen and oxygen atoms in total. The Morgan fingerprint density at radius 3 is 2.22 bits per heavy atom. The van der Waals surface area contributed by atoms with Crippen molar-refractivity contribution in [3.8, 4) is 0 Å². The molecule has 0 saturated carbocycles. The maximum Gasteiger partial charge on any atom is 0.156 e. The molecule has 0 aromatic heterocycles. The first-order valence-electron chi connectivity index (χ1n) is 2.96. The maximum atomic E-state index is 5.45. The Morgan fingerprint density at radius 1 is 1.33 bits per heavy atom. The van der Waals surface area contributed by atoms with Crippen LogP contribution in [0.1, 0.15) is 12.8 Å². The number of methoxy groups -OCH3 is 2. The van der Waals surface area contributed by atoms with Crippen molar-refractivity contribution in [3.63, 3.8) is 0 Å². The van der Waals surface area contributed by atoms with E-state index in [-0.39, 0.29) is 6.29 Å². The van der Waals surface area contributed by atoms with Crippen LogP contribution in [0.3, 0.4) is 0 Å². The van der Waals surface area contributed by atoms with Crippen molar-refractivity contribution in [1.29, 1.82) is 0 Å². The summed E-state index contributed by atoms with van der Waals surface area (Å²) in [6.07, 6.45) is 1.73. The van der Waals surface area contributed by atoms with Gasteiger partial charge in [-0.2, -0.15) is 0 Å². The second-order valence-electron chi connectivity index (χ2n) is 1.73. The van der Waals surface area contributed by atoms with Crippen molar-refractivity contribution < 1.29 is 9.47 Å². The predicted molar refractivity (Wildman–Crippen MR) is 37.8 cm³/mol. The lowest BCUT2D eigenvalue weighted by Gasteiger charge is -2.11. The van der Waals surface area contributed by atoms with Gasteiger partial charge in [0.1, 0.15) is 0 Å². The van der Waals surface area contributed by atoms with Crippen molar-refractivity contribution in [2.24, 2.45) is 0 Å². The van der Waals surface area contributed by atoms with Crippen LogP contribution in [0.4, 0.5) is 0 Å². The van der Waals surface area contributed by atoms with Gasteiger partial charge in [-0.15, -0.1) is 11.6 Å². The highest BCUT2D eigenvalue weighted by molar-refractivity contribution is 6.17. The third kappa shape index (κ3) is 4.70. The number of hydrogen-bond acceptors (Lipinski definition) is 2. The average Bonchev–Trinajstić information content (AvgIpc) is 1.91. The second-order valence-corrected chi connectivity index (χ2v) is 2.11. The SMILES string of the molecule is COC(CCCCl)OC. The molecule has 0 atom stereocenters. The second kappa shape index (κ2) is 6.33. The van der Waals surface area contributed by atoms with Crippen molar-refractivity contribution in [3.05, 3.63) is 0 Å². The van der Waals surface area contributed by atoms with E-state index in [2.05, 4.69) is 0 Å². The van der Waals surface area contributed by atoms with E-state index in [9.17, 15) is 0 Å². The van der Waals surface area contributed by atoms with Crippen molar-refractivity contribution in [1.82, 2.24) is 0 Å². The van der Waals surface area contributed by atoms with Crippen LogP contribution in [-0.4, -0.2) is 26.4 Å². The van der Waals surface area contributed by atoms with E-state index in [1.165, 1.54) is 0 Å². The fourth-order valence-corrected chi connectivity index (χ4v) is 0.730. The summed E-state index contributed by atoms with van der Waals surface area (Å²) in [6, 6.07) is 0. The van der Waals surface area contributed by atoms with Gasteiger partial charge in [-0.05, 0) is 12.8 Å². The fourth-order valence-electron chi connectivity index (χ4n) is 0.576.